The number of fused-ring (bicyclic) bond motifs is 3. The molecule has 3 heterocycles. The van der Waals surface area contributed by atoms with Crippen LogP contribution in [-0.4, -0.2) is 74.7 Å². The van der Waals surface area contributed by atoms with E-state index in [2.05, 4.69) is 13.8 Å². The maximum absolute atomic E-state index is 12.4. The van der Waals surface area contributed by atoms with E-state index >= 15 is 0 Å². The van der Waals surface area contributed by atoms with Gasteiger partial charge in [-0.05, 0) is 42.9 Å². The van der Waals surface area contributed by atoms with Crippen molar-refractivity contribution in [2.75, 3.05) is 20.3 Å². The molecule has 0 bridgehead atoms. The van der Waals surface area contributed by atoms with Crippen molar-refractivity contribution in [1.29, 1.82) is 0 Å². The maximum atomic E-state index is 12.4. The van der Waals surface area contributed by atoms with Gasteiger partial charge in [0.15, 0.2) is 12.6 Å². The van der Waals surface area contributed by atoms with Crippen LogP contribution in [0.2, 0.25) is 0 Å². The molecule has 10 nitrogen and oxygen atoms in total. The van der Waals surface area contributed by atoms with E-state index in [4.69, 9.17) is 33.2 Å². The first-order valence-electron chi connectivity index (χ1n) is 13.4. The van der Waals surface area contributed by atoms with Gasteiger partial charge in [0.2, 0.25) is 0 Å². The molecular formula is C27H40O10. The molecule has 0 unspecified atom stereocenters. The number of methoxy groups -OCH3 is 1. The summed E-state index contributed by atoms with van der Waals surface area (Å²) in [6.45, 7) is 8.79. The normalized spacial score (nSPS) is 48.2. The van der Waals surface area contributed by atoms with Crippen molar-refractivity contribution in [1.82, 2.24) is 0 Å². The Hall–Kier alpha value is -1.75. The Balaban J connectivity index is 1.57. The van der Waals surface area contributed by atoms with Crippen molar-refractivity contribution in [3.63, 3.8) is 0 Å². The minimum absolute atomic E-state index is 0.00443. The molecule has 0 N–H and O–H groups in total. The van der Waals surface area contributed by atoms with Gasteiger partial charge in [-0.2, -0.15) is 0 Å². The average Bonchev–Trinajstić information content (AvgIpc) is 3.35. The summed E-state index contributed by atoms with van der Waals surface area (Å²) in [5, 5.41) is 0. The summed E-state index contributed by atoms with van der Waals surface area (Å²) in [6.07, 6.45) is 1.85. The highest BCUT2D eigenvalue weighted by Crippen LogP contribution is 2.70. The number of hydrogen-bond acceptors (Lipinski definition) is 10. The lowest BCUT2D eigenvalue weighted by Gasteiger charge is -2.64. The lowest BCUT2D eigenvalue weighted by Crippen LogP contribution is -2.72. The number of epoxide rings is 1. The van der Waals surface area contributed by atoms with Crippen LogP contribution in [0.25, 0.3) is 0 Å². The molecule has 0 aromatic heterocycles. The molecule has 5 aliphatic rings. The molecule has 208 valence electrons. The number of carbonyl (C=O) groups excluding carboxylic acids is 3. The summed E-state index contributed by atoms with van der Waals surface area (Å²) in [7, 11) is 1.64. The number of ether oxygens (including phenoxy) is 7. The van der Waals surface area contributed by atoms with Crippen LogP contribution in [0.1, 0.15) is 66.7 Å². The molecule has 5 rings (SSSR count). The molecule has 0 aromatic carbocycles. The molecule has 0 amide bonds. The standard InChI is InChI=1S/C27H40O10/c1-14-11-25(5,21-9-18-10-22(31-6)37-24(18)36-21)19-7-8-20(34-16(3)29)27(13-33-27)26(19,12-32-15(2)28)23(14)35-17(4)30/h14,18-24H,7-13H2,1-6H3/t14-,18-,19+,20+,21-,22-,23+,24+,25-,26+,27-/m1/s1. The second kappa shape index (κ2) is 9.47. The fourth-order valence-electron chi connectivity index (χ4n) is 8.47. The van der Waals surface area contributed by atoms with Crippen LogP contribution < -0.4 is 0 Å². The second-order valence-electron chi connectivity index (χ2n) is 12.0. The predicted molar refractivity (Wildman–Crippen MR) is 127 cm³/mol. The van der Waals surface area contributed by atoms with E-state index in [1.807, 2.05) is 0 Å². The largest absolute Gasteiger partial charge is 0.465 e. The van der Waals surface area contributed by atoms with Crippen molar-refractivity contribution in [3.05, 3.63) is 0 Å². The Morgan fingerprint density at radius 1 is 0.973 bits per heavy atom. The molecule has 0 radical (unpaired) electrons. The molecule has 3 aliphatic heterocycles. The zero-order valence-electron chi connectivity index (χ0n) is 22.7. The van der Waals surface area contributed by atoms with Crippen LogP contribution in [0, 0.1) is 28.6 Å². The van der Waals surface area contributed by atoms with E-state index in [9.17, 15) is 14.4 Å². The molecule has 2 saturated carbocycles. The smallest absolute Gasteiger partial charge is 0.303 e. The summed E-state index contributed by atoms with van der Waals surface area (Å²) < 4.78 is 41.8. The van der Waals surface area contributed by atoms with Gasteiger partial charge in [-0.15, -0.1) is 0 Å². The van der Waals surface area contributed by atoms with Gasteiger partial charge in [0.1, 0.15) is 24.4 Å². The van der Waals surface area contributed by atoms with Crippen molar-refractivity contribution in [2.24, 2.45) is 28.6 Å². The predicted octanol–water partition coefficient (Wildman–Crippen LogP) is 2.75. The molecule has 0 aromatic rings. The van der Waals surface area contributed by atoms with Crippen molar-refractivity contribution >= 4 is 17.9 Å². The van der Waals surface area contributed by atoms with Gasteiger partial charge in [-0.1, -0.05) is 13.8 Å². The lowest BCUT2D eigenvalue weighted by molar-refractivity contribution is -0.275. The van der Waals surface area contributed by atoms with Crippen LogP contribution in [-0.2, 0) is 47.5 Å². The first kappa shape index (κ1) is 26.8. The molecule has 2 aliphatic carbocycles. The van der Waals surface area contributed by atoms with Crippen LogP contribution in [0.15, 0.2) is 0 Å². The topological polar surface area (TPSA) is 119 Å². The minimum atomic E-state index is -0.917. The van der Waals surface area contributed by atoms with Crippen molar-refractivity contribution in [2.45, 2.75) is 103 Å². The van der Waals surface area contributed by atoms with E-state index in [1.54, 1.807) is 7.11 Å². The van der Waals surface area contributed by atoms with Crippen LogP contribution in [0.5, 0.6) is 0 Å². The molecule has 11 atom stereocenters. The maximum Gasteiger partial charge on any atom is 0.303 e. The molecule has 3 saturated heterocycles. The SMILES string of the molecule is CO[C@H]1C[C@H]2C[C@H]([C@]3(C)C[C@@H](C)[C@H](OC(C)=O)[C@]4(COC(C)=O)[C@H]3CC[C@H](OC(C)=O)[C@]43CO3)O[C@H]2O1. The molecule has 10 heteroatoms. The Kier molecular flexibility index (Phi) is 6.87. The lowest BCUT2D eigenvalue weighted by atomic mass is 9.42. The summed E-state index contributed by atoms with van der Waals surface area (Å²) >= 11 is 0. The first-order chi connectivity index (χ1) is 17.5. The van der Waals surface area contributed by atoms with E-state index < -0.39 is 41.1 Å². The Morgan fingerprint density at radius 3 is 2.24 bits per heavy atom. The molecule has 37 heavy (non-hydrogen) atoms. The minimum Gasteiger partial charge on any atom is -0.465 e. The molecule has 1 spiro atoms. The number of rotatable bonds is 6. The summed E-state index contributed by atoms with van der Waals surface area (Å²) in [5.74, 6) is -1.16. The van der Waals surface area contributed by atoms with Gasteiger partial charge in [-0.25, -0.2) is 0 Å². The fraction of sp³-hybridized carbons (Fsp3) is 0.889. The number of carbonyl (C=O) groups is 3. The highest BCUT2D eigenvalue weighted by atomic mass is 16.8. The number of esters is 3. The van der Waals surface area contributed by atoms with Gasteiger partial charge in [0.05, 0.1) is 18.1 Å². The third kappa shape index (κ3) is 4.19. The quantitative estimate of drug-likeness (QED) is 0.291. The van der Waals surface area contributed by atoms with E-state index in [0.717, 1.165) is 19.3 Å². The summed E-state index contributed by atoms with van der Waals surface area (Å²) in [5.41, 5.74) is -2.18. The fourth-order valence-corrected chi connectivity index (χ4v) is 8.47. The highest BCUT2D eigenvalue weighted by Gasteiger charge is 2.80. The van der Waals surface area contributed by atoms with Crippen molar-refractivity contribution in [3.8, 4) is 0 Å². The second-order valence-corrected chi connectivity index (χ2v) is 12.0. The van der Waals surface area contributed by atoms with Crippen LogP contribution >= 0.6 is 0 Å². The van der Waals surface area contributed by atoms with Gasteiger partial charge in [-0.3, -0.25) is 14.4 Å². The monoisotopic (exact) mass is 524 g/mol. The van der Waals surface area contributed by atoms with Crippen LogP contribution in [0.3, 0.4) is 0 Å². The van der Waals surface area contributed by atoms with Gasteiger partial charge in [0.25, 0.3) is 0 Å². The van der Waals surface area contributed by atoms with E-state index in [0.29, 0.717) is 19.4 Å². The Morgan fingerprint density at radius 2 is 1.68 bits per heavy atom. The Bertz CT molecular complexity index is 918. The first-order valence-corrected chi connectivity index (χ1v) is 13.4. The van der Waals surface area contributed by atoms with E-state index in [1.165, 1.54) is 20.8 Å². The van der Waals surface area contributed by atoms with Crippen LogP contribution in [0.4, 0.5) is 0 Å². The molecule has 5 fully saturated rings. The van der Waals surface area contributed by atoms with Gasteiger partial charge >= 0.3 is 17.9 Å². The summed E-state index contributed by atoms with van der Waals surface area (Å²) in [6, 6.07) is 0. The van der Waals surface area contributed by atoms with E-state index in [-0.39, 0.29) is 48.5 Å². The summed E-state index contributed by atoms with van der Waals surface area (Å²) in [4.78, 5) is 36.7. The molecular weight excluding hydrogens is 484 g/mol. The highest BCUT2D eigenvalue weighted by molar-refractivity contribution is 5.67. The third-order valence-corrected chi connectivity index (χ3v) is 9.78. The zero-order valence-corrected chi connectivity index (χ0v) is 22.7. The van der Waals surface area contributed by atoms with Gasteiger partial charge in [0, 0.05) is 40.2 Å². The Labute approximate surface area is 217 Å². The van der Waals surface area contributed by atoms with Gasteiger partial charge < -0.3 is 33.2 Å². The number of hydrogen-bond donors (Lipinski definition) is 0. The average molecular weight is 525 g/mol. The third-order valence-electron chi connectivity index (χ3n) is 9.78. The van der Waals surface area contributed by atoms with Crippen molar-refractivity contribution < 1.29 is 47.5 Å². The zero-order chi connectivity index (χ0) is 26.8.